The van der Waals surface area contributed by atoms with E-state index in [1.807, 2.05) is 23.9 Å². The normalized spacial score (nSPS) is 27.7. The lowest BCUT2D eigenvalue weighted by Gasteiger charge is -2.31. The molecule has 1 saturated carbocycles. The Bertz CT molecular complexity index is 423. The van der Waals surface area contributed by atoms with Gasteiger partial charge in [0, 0.05) is 15.2 Å². The molecule has 0 saturated heterocycles. The lowest BCUT2D eigenvalue weighted by atomic mass is 9.81. The first-order valence-electron chi connectivity index (χ1n) is 6.54. The summed E-state index contributed by atoms with van der Waals surface area (Å²) in [5.74, 6) is 0.993. The summed E-state index contributed by atoms with van der Waals surface area (Å²) in [6.07, 6.45) is 4.67. The predicted molar refractivity (Wildman–Crippen MR) is 77.8 cm³/mol. The van der Waals surface area contributed by atoms with Crippen molar-refractivity contribution < 1.29 is 0 Å². The topological polar surface area (TPSA) is 23.8 Å². The van der Waals surface area contributed by atoms with Crippen LogP contribution in [-0.2, 0) is 0 Å². The molecule has 0 radical (unpaired) electrons. The van der Waals surface area contributed by atoms with Gasteiger partial charge in [0.2, 0.25) is 0 Å². The summed E-state index contributed by atoms with van der Waals surface area (Å²) in [6, 6.07) is 10.4. The van der Waals surface area contributed by atoms with Crippen LogP contribution in [0.3, 0.4) is 0 Å². The van der Waals surface area contributed by atoms with Crippen molar-refractivity contribution in [3.05, 3.63) is 29.3 Å². The van der Waals surface area contributed by atoms with E-state index in [1.165, 1.54) is 24.2 Å². The number of nitriles is 1. The van der Waals surface area contributed by atoms with Gasteiger partial charge in [-0.05, 0) is 49.4 Å². The fourth-order valence-corrected chi connectivity index (χ4v) is 4.05. The molecule has 3 heteroatoms. The van der Waals surface area contributed by atoms with Crippen molar-refractivity contribution >= 4 is 23.4 Å². The minimum Gasteiger partial charge on any atom is -0.198 e. The van der Waals surface area contributed by atoms with E-state index < -0.39 is 0 Å². The minimum atomic E-state index is 0.202. The van der Waals surface area contributed by atoms with Crippen molar-refractivity contribution in [3.8, 4) is 6.07 Å². The maximum Gasteiger partial charge on any atom is 0.0667 e. The van der Waals surface area contributed by atoms with Gasteiger partial charge in [-0.15, -0.1) is 11.8 Å². The van der Waals surface area contributed by atoms with Crippen LogP contribution < -0.4 is 0 Å². The lowest BCUT2D eigenvalue weighted by molar-refractivity contribution is 0.317. The highest BCUT2D eigenvalue weighted by atomic mass is 35.5. The number of rotatable bonds is 3. The Morgan fingerprint density at radius 2 is 2.06 bits per heavy atom. The van der Waals surface area contributed by atoms with E-state index in [-0.39, 0.29) is 5.92 Å². The van der Waals surface area contributed by atoms with Gasteiger partial charge in [-0.25, -0.2) is 0 Å². The molecule has 3 unspecified atom stereocenters. The largest absolute Gasteiger partial charge is 0.198 e. The Kier molecular flexibility index (Phi) is 4.97. The molecule has 0 spiro atoms. The van der Waals surface area contributed by atoms with Gasteiger partial charge in [-0.2, -0.15) is 5.26 Å². The second-order valence-corrected chi connectivity index (χ2v) is 6.68. The van der Waals surface area contributed by atoms with Crippen molar-refractivity contribution in [2.45, 2.75) is 42.8 Å². The summed E-state index contributed by atoms with van der Waals surface area (Å²) in [4.78, 5) is 1.22. The van der Waals surface area contributed by atoms with E-state index in [4.69, 9.17) is 11.6 Å². The zero-order chi connectivity index (χ0) is 13.0. The number of hydrogen-bond acceptors (Lipinski definition) is 2. The predicted octanol–water partition coefficient (Wildman–Crippen LogP) is 5.15. The molecule has 0 aromatic heterocycles. The van der Waals surface area contributed by atoms with Crippen LogP contribution in [0.5, 0.6) is 0 Å². The van der Waals surface area contributed by atoms with Crippen molar-refractivity contribution in [2.24, 2.45) is 11.8 Å². The first-order valence-corrected chi connectivity index (χ1v) is 7.80. The van der Waals surface area contributed by atoms with Gasteiger partial charge >= 0.3 is 0 Å². The van der Waals surface area contributed by atoms with Gasteiger partial charge in [0.25, 0.3) is 0 Å². The van der Waals surface area contributed by atoms with Crippen LogP contribution in [0.15, 0.2) is 29.2 Å². The van der Waals surface area contributed by atoms with Gasteiger partial charge in [0.15, 0.2) is 0 Å². The number of nitrogens with zero attached hydrogens (tertiary/aromatic N) is 1. The second kappa shape index (κ2) is 6.50. The summed E-state index contributed by atoms with van der Waals surface area (Å²) in [7, 11) is 0. The Morgan fingerprint density at radius 3 is 2.67 bits per heavy atom. The van der Waals surface area contributed by atoms with Gasteiger partial charge in [-0.1, -0.05) is 24.9 Å². The van der Waals surface area contributed by atoms with Crippen LogP contribution in [-0.4, -0.2) is 5.25 Å². The number of benzene rings is 1. The molecular weight excluding hydrogens is 262 g/mol. The molecule has 0 N–H and O–H groups in total. The van der Waals surface area contributed by atoms with Crippen LogP contribution in [0.1, 0.15) is 32.6 Å². The third-order valence-electron chi connectivity index (χ3n) is 3.74. The van der Waals surface area contributed by atoms with Crippen LogP contribution in [0.25, 0.3) is 0 Å². The molecule has 1 aliphatic carbocycles. The molecule has 0 bridgehead atoms. The molecule has 3 atom stereocenters. The van der Waals surface area contributed by atoms with Crippen molar-refractivity contribution in [1.82, 2.24) is 0 Å². The van der Waals surface area contributed by atoms with E-state index in [1.54, 1.807) is 0 Å². The number of thioether (sulfide) groups is 1. The highest BCUT2D eigenvalue weighted by molar-refractivity contribution is 8.00. The minimum absolute atomic E-state index is 0.202. The molecule has 1 aromatic rings. The zero-order valence-corrected chi connectivity index (χ0v) is 12.2. The second-order valence-electron chi connectivity index (χ2n) is 4.93. The summed E-state index contributed by atoms with van der Waals surface area (Å²) >= 11 is 7.74. The lowest BCUT2D eigenvalue weighted by Crippen LogP contribution is -2.25. The zero-order valence-electron chi connectivity index (χ0n) is 10.6. The number of hydrogen-bond donors (Lipinski definition) is 0. The van der Waals surface area contributed by atoms with Crippen LogP contribution in [0.4, 0.5) is 0 Å². The highest BCUT2D eigenvalue weighted by Crippen LogP contribution is 2.40. The maximum atomic E-state index is 9.26. The fourth-order valence-electron chi connectivity index (χ4n) is 2.55. The summed E-state index contributed by atoms with van der Waals surface area (Å²) in [5, 5.41) is 10.5. The molecule has 0 aliphatic heterocycles. The molecule has 0 amide bonds. The molecule has 96 valence electrons. The number of halogens is 1. The first-order chi connectivity index (χ1) is 8.72. The third-order valence-corrected chi connectivity index (χ3v) is 5.36. The van der Waals surface area contributed by atoms with Crippen LogP contribution in [0, 0.1) is 23.2 Å². The Hall–Kier alpha value is -0.650. The smallest absolute Gasteiger partial charge is 0.0667 e. The van der Waals surface area contributed by atoms with Gasteiger partial charge in [0.1, 0.15) is 0 Å². The van der Waals surface area contributed by atoms with Gasteiger partial charge in [0.05, 0.1) is 12.0 Å². The summed E-state index contributed by atoms with van der Waals surface area (Å²) in [6.45, 7) is 2.25. The van der Waals surface area contributed by atoms with Crippen molar-refractivity contribution in [2.75, 3.05) is 0 Å². The SMILES string of the molecule is CCC1CCC(C#N)C(Sc2ccc(Cl)cc2)C1. The van der Waals surface area contributed by atoms with Gasteiger partial charge in [-0.3, -0.25) is 0 Å². The highest BCUT2D eigenvalue weighted by Gasteiger charge is 2.30. The molecule has 1 fully saturated rings. The van der Waals surface area contributed by atoms with E-state index >= 15 is 0 Å². The van der Waals surface area contributed by atoms with E-state index in [0.717, 1.165) is 17.4 Å². The summed E-state index contributed by atoms with van der Waals surface area (Å²) < 4.78 is 0. The maximum absolute atomic E-state index is 9.26. The van der Waals surface area contributed by atoms with E-state index in [9.17, 15) is 5.26 Å². The molecule has 2 rings (SSSR count). The third kappa shape index (κ3) is 3.43. The van der Waals surface area contributed by atoms with E-state index in [2.05, 4.69) is 25.1 Å². The van der Waals surface area contributed by atoms with Crippen LogP contribution in [0.2, 0.25) is 5.02 Å². The average Bonchev–Trinajstić information content (AvgIpc) is 2.41. The molecule has 18 heavy (non-hydrogen) atoms. The molecule has 0 heterocycles. The Morgan fingerprint density at radius 1 is 1.33 bits per heavy atom. The van der Waals surface area contributed by atoms with Gasteiger partial charge < -0.3 is 0 Å². The quantitative estimate of drug-likeness (QED) is 0.764. The first kappa shape index (κ1) is 13.8. The van der Waals surface area contributed by atoms with E-state index in [0.29, 0.717) is 5.25 Å². The average molecular weight is 280 g/mol. The molecular formula is C15H18ClNS. The molecule has 1 nitrogen and oxygen atoms in total. The monoisotopic (exact) mass is 279 g/mol. The fraction of sp³-hybridized carbons (Fsp3) is 0.533. The summed E-state index contributed by atoms with van der Waals surface area (Å²) in [5.41, 5.74) is 0. The van der Waals surface area contributed by atoms with Crippen LogP contribution >= 0.6 is 23.4 Å². The van der Waals surface area contributed by atoms with Crippen molar-refractivity contribution in [1.29, 1.82) is 5.26 Å². The van der Waals surface area contributed by atoms with Crippen molar-refractivity contribution in [3.63, 3.8) is 0 Å². The Balaban J connectivity index is 2.05. The standard InChI is InChI=1S/C15H18ClNS/c1-2-11-3-4-12(10-17)15(9-11)18-14-7-5-13(16)6-8-14/h5-8,11-12,15H,2-4,9H2,1H3. The molecule has 1 aliphatic rings. The molecule has 1 aromatic carbocycles. The Labute approximate surface area is 119 Å².